The number of para-hydroxylation sites is 2. The minimum Gasteiger partial charge on any atom is -0.353 e. The van der Waals surface area contributed by atoms with E-state index in [9.17, 15) is 8.78 Å². The number of hydrogen-bond donors (Lipinski definition) is 2. The highest BCUT2D eigenvalue weighted by atomic mass is 19.1. The molecular formula is C24H18F2N2. The minimum absolute atomic E-state index is 0.287. The molecule has 4 aromatic rings. The molecule has 0 heterocycles. The van der Waals surface area contributed by atoms with Crippen LogP contribution < -0.4 is 10.6 Å². The van der Waals surface area contributed by atoms with E-state index in [0.29, 0.717) is 11.4 Å². The predicted molar refractivity (Wildman–Crippen MR) is 111 cm³/mol. The van der Waals surface area contributed by atoms with Crippen molar-refractivity contribution in [3.63, 3.8) is 0 Å². The molecule has 4 rings (SSSR count). The van der Waals surface area contributed by atoms with Crippen LogP contribution in [0, 0.1) is 11.6 Å². The Morgan fingerprint density at radius 1 is 0.429 bits per heavy atom. The first-order chi connectivity index (χ1) is 13.7. The van der Waals surface area contributed by atoms with Crippen molar-refractivity contribution >= 4 is 22.7 Å². The average molecular weight is 372 g/mol. The van der Waals surface area contributed by atoms with E-state index in [0.717, 1.165) is 22.5 Å². The molecule has 0 aliphatic rings. The molecular weight excluding hydrogens is 354 g/mol. The summed E-state index contributed by atoms with van der Waals surface area (Å²) in [4.78, 5) is 0. The van der Waals surface area contributed by atoms with Gasteiger partial charge in [-0.3, -0.25) is 0 Å². The number of nitrogens with one attached hydrogen (secondary N) is 2. The smallest absolute Gasteiger partial charge is 0.146 e. The van der Waals surface area contributed by atoms with Crippen LogP contribution in [-0.2, 0) is 0 Å². The second kappa shape index (κ2) is 7.92. The summed E-state index contributed by atoms with van der Waals surface area (Å²) in [5.74, 6) is -0.575. The van der Waals surface area contributed by atoms with Crippen molar-refractivity contribution in [2.45, 2.75) is 0 Å². The lowest BCUT2D eigenvalue weighted by Gasteiger charge is -2.10. The number of anilines is 4. The Bertz CT molecular complexity index is 985. The third-order valence-corrected chi connectivity index (χ3v) is 4.41. The molecule has 138 valence electrons. The maximum absolute atomic E-state index is 13.7. The van der Waals surface area contributed by atoms with Crippen LogP contribution >= 0.6 is 0 Å². The van der Waals surface area contributed by atoms with Gasteiger partial charge in [0.2, 0.25) is 0 Å². The molecule has 0 saturated carbocycles. The Labute approximate surface area is 162 Å². The number of halogens is 2. The van der Waals surface area contributed by atoms with Gasteiger partial charge in [-0.05, 0) is 59.7 Å². The molecule has 28 heavy (non-hydrogen) atoms. The lowest BCUT2D eigenvalue weighted by molar-refractivity contribution is 0.631. The van der Waals surface area contributed by atoms with Gasteiger partial charge in [-0.15, -0.1) is 0 Å². The van der Waals surface area contributed by atoms with E-state index in [1.54, 1.807) is 36.4 Å². The summed E-state index contributed by atoms with van der Waals surface area (Å²) in [6.07, 6.45) is 0. The van der Waals surface area contributed by atoms with Crippen molar-refractivity contribution in [2.75, 3.05) is 10.6 Å². The fraction of sp³-hybridized carbons (Fsp3) is 0. The van der Waals surface area contributed by atoms with Gasteiger partial charge in [-0.25, -0.2) is 8.78 Å². The van der Waals surface area contributed by atoms with E-state index in [-0.39, 0.29) is 11.6 Å². The molecule has 2 N–H and O–H groups in total. The Morgan fingerprint density at radius 2 is 0.786 bits per heavy atom. The Morgan fingerprint density at radius 3 is 1.14 bits per heavy atom. The molecule has 0 unspecified atom stereocenters. The van der Waals surface area contributed by atoms with Gasteiger partial charge in [-0.2, -0.15) is 0 Å². The van der Waals surface area contributed by atoms with Gasteiger partial charge in [0.1, 0.15) is 11.6 Å². The standard InChI is InChI=1S/C24H18F2N2/c25-21-5-1-3-7-23(21)27-19-13-9-17(10-14-19)18-11-15-20(16-12-18)28-24-8-4-2-6-22(24)26/h1-16,27-28H. The second-order valence-corrected chi connectivity index (χ2v) is 6.36. The molecule has 0 aromatic heterocycles. The SMILES string of the molecule is Fc1ccccc1Nc1ccc(-c2ccc(Nc3ccccc3F)cc2)cc1. The Balaban J connectivity index is 1.47. The fourth-order valence-electron chi connectivity index (χ4n) is 2.93. The summed E-state index contributed by atoms with van der Waals surface area (Å²) in [6, 6.07) is 28.7. The highest BCUT2D eigenvalue weighted by Gasteiger charge is 2.04. The van der Waals surface area contributed by atoms with Crippen LogP contribution in [0.4, 0.5) is 31.5 Å². The fourth-order valence-corrected chi connectivity index (χ4v) is 2.93. The molecule has 0 aliphatic heterocycles. The zero-order valence-electron chi connectivity index (χ0n) is 15.0. The summed E-state index contributed by atoms with van der Waals surface area (Å²) in [6.45, 7) is 0. The molecule has 0 radical (unpaired) electrons. The number of benzene rings is 4. The summed E-state index contributed by atoms with van der Waals surface area (Å²) in [5.41, 5.74) is 4.59. The van der Waals surface area contributed by atoms with Gasteiger partial charge in [0.15, 0.2) is 0 Å². The van der Waals surface area contributed by atoms with Gasteiger partial charge in [0, 0.05) is 11.4 Å². The van der Waals surface area contributed by atoms with Crippen molar-refractivity contribution in [1.82, 2.24) is 0 Å². The van der Waals surface area contributed by atoms with Crippen LogP contribution in [-0.4, -0.2) is 0 Å². The molecule has 4 aromatic carbocycles. The second-order valence-electron chi connectivity index (χ2n) is 6.36. The lowest BCUT2D eigenvalue weighted by atomic mass is 10.0. The molecule has 2 nitrogen and oxygen atoms in total. The third-order valence-electron chi connectivity index (χ3n) is 4.41. The molecule has 0 aliphatic carbocycles. The molecule has 0 saturated heterocycles. The monoisotopic (exact) mass is 372 g/mol. The van der Waals surface area contributed by atoms with Crippen LogP contribution in [0.2, 0.25) is 0 Å². The minimum atomic E-state index is -0.287. The van der Waals surface area contributed by atoms with Gasteiger partial charge in [0.05, 0.1) is 11.4 Å². The molecule has 0 bridgehead atoms. The normalized spacial score (nSPS) is 10.5. The quantitative estimate of drug-likeness (QED) is 0.390. The van der Waals surface area contributed by atoms with Crippen molar-refractivity contribution in [3.8, 4) is 11.1 Å². The highest BCUT2D eigenvalue weighted by Crippen LogP contribution is 2.27. The van der Waals surface area contributed by atoms with E-state index >= 15 is 0 Å². The van der Waals surface area contributed by atoms with E-state index in [1.165, 1.54) is 12.1 Å². The zero-order valence-corrected chi connectivity index (χ0v) is 15.0. The molecule has 0 spiro atoms. The van der Waals surface area contributed by atoms with E-state index < -0.39 is 0 Å². The van der Waals surface area contributed by atoms with Crippen LogP contribution in [0.3, 0.4) is 0 Å². The molecule has 4 heteroatoms. The number of hydrogen-bond acceptors (Lipinski definition) is 2. The summed E-state index contributed by atoms with van der Waals surface area (Å²) < 4.78 is 27.5. The maximum atomic E-state index is 13.7. The van der Waals surface area contributed by atoms with Gasteiger partial charge < -0.3 is 10.6 Å². The first-order valence-electron chi connectivity index (χ1n) is 8.93. The van der Waals surface area contributed by atoms with Crippen molar-refractivity contribution in [2.24, 2.45) is 0 Å². The van der Waals surface area contributed by atoms with Gasteiger partial charge in [0.25, 0.3) is 0 Å². The van der Waals surface area contributed by atoms with E-state index in [1.807, 2.05) is 48.5 Å². The Hall–Kier alpha value is -3.66. The average Bonchev–Trinajstić information content (AvgIpc) is 2.73. The highest BCUT2D eigenvalue weighted by molar-refractivity contribution is 5.71. The van der Waals surface area contributed by atoms with Crippen LogP contribution in [0.25, 0.3) is 11.1 Å². The maximum Gasteiger partial charge on any atom is 0.146 e. The topological polar surface area (TPSA) is 24.1 Å². The largest absolute Gasteiger partial charge is 0.353 e. The van der Waals surface area contributed by atoms with E-state index in [2.05, 4.69) is 10.6 Å². The Kier molecular flexibility index (Phi) is 5.02. The van der Waals surface area contributed by atoms with Crippen LogP contribution in [0.1, 0.15) is 0 Å². The molecule has 0 amide bonds. The predicted octanol–water partition coefficient (Wildman–Crippen LogP) is 7.12. The van der Waals surface area contributed by atoms with Crippen molar-refractivity contribution < 1.29 is 8.78 Å². The molecule has 0 atom stereocenters. The first kappa shape index (κ1) is 17.7. The van der Waals surface area contributed by atoms with Gasteiger partial charge >= 0.3 is 0 Å². The van der Waals surface area contributed by atoms with Crippen LogP contribution in [0.15, 0.2) is 97.1 Å². The first-order valence-corrected chi connectivity index (χ1v) is 8.93. The molecule has 0 fully saturated rings. The van der Waals surface area contributed by atoms with Crippen molar-refractivity contribution in [1.29, 1.82) is 0 Å². The van der Waals surface area contributed by atoms with E-state index in [4.69, 9.17) is 0 Å². The van der Waals surface area contributed by atoms with Gasteiger partial charge in [-0.1, -0.05) is 48.5 Å². The summed E-state index contributed by atoms with van der Waals surface area (Å²) in [7, 11) is 0. The lowest BCUT2D eigenvalue weighted by Crippen LogP contribution is -1.94. The zero-order chi connectivity index (χ0) is 19.3. The van der Waals surface area contributed by atoms with Crippen LogP contribution in [0.5, 0.6) is 0 Å². The van der Waals surface area contributed by atoms with Crippen molar-refractivity contribution in [3.05, 3.63) is 109 Å². The summed E-state index contributed by atoms with van der Waals surface area (Å²) >= 11 is 0. The number of rotatable bonds is 5. The third kappa shape index (κ3) is 4.01. The summed E-state index contributed by atoms with van der Waals surface area (Å²) in [5, 5.41) is 6.14.